The van der Waals surface area contributed by atoms with Crippen LogP contribution in [0.2, 0.25) is 0 Å². The third-order valence-electron chi connectivity index (χ3n) is 3.59. The second kappa shape index (κ2) is 5.29. The van der Waals surface area contributed by atoms with E-state index in [1.165, 1.54) is 6.92 Å². The molecule has 1 atom stereocenters. The van der Waals surface area contributed by atoms with Gasteiger partial charge in [-0.2, -0.15) is 0 Å². The van der Waals surface area contributed by atoms with Crippen molar-refractivity contribution in [2.45, 2.75) is 33.6 Å². The lowest BCUT2D eigenvalue weighted by molar-refractivity contribution is -0.485. The Hall–Kier alpha value is -1.71. The van der Waals surface area contributed by atoms with Crippen molar-refractivity contribution < 1.29 is 9.72 Å². The van der Waals surface area contributed by atoms with Crippen LogP contribution in [-0.2, 0) is 4.79 Å². The Balaban J connectivity index is 3.17. The maximum atomic E-state index is 11.7. The van der Waals surface area contributed by atoms with Crippen LogP contribution in [0.5, 0.6) is 0 Å². The normalized spacial score (nSPS) is 13.1. The Bertz CT molecular complexity index is 449. The summed E-state index contributed by atoms with van der Waals surface area (Å²) in [6, 6.07) is 7.57. The molecule has 0 radical (unpaired) electrons. The van der Waals surface area contributed by atoms with Gasteiger partial charge in [0.2, 0.25) is 6.54 Å². The van der Waals surface area contributed by atoms with E-state index in [4.69, 9.17) is 0 Å². The van der Waals surface area contributed by atoms with Crippen molar-refractivity contribution in [3.63, 3.8) is 0 Å². The average Bonchev–Trinajstić information content (AvgIpc) is 2.26. The number of carbonyl (C=O) groups excluding carboxylic acids is 1. The lowest BCUT2D eigenvalue weighted by atomic mass is 9.72. The van der Waals surface area contributed by atoms with Gasteiger partial charge in [0.05, 0.1) is 5.92 Å². The summed E-state index contributed by atoms with van der Waals surface area (Å²) < 4.78 is 0. The van der Waals surface area contributed by atoms with Crippen LogP contribution in [0.15, 0.2) is 24.3 Å². The molecule has 0 aromatic heterocycles. The Labute approximate surface area is 107 Å². The number of benzene rings is 1. The second-order valence-corrected chi connectivity index (χ2v) is 5.26. The molecule has 18 heavy (non-hydrogen) atoms. The van der Waals surface area contributed by atoms with E-state index in [1.807, 2.05) is 31.2 Å². The van der Waals surface area contributed by atoms with Gasteiger partial charge in [-0.15, -0.1) is 0 Å². The number of rotatable bonds is 5. The van der Waals surface area contributed by atoms with Gasteiger partial charge in [0.25, 0.3) is 0 Å². The third-order valence-corrected chi connectivity index (χ3v) is 3.59. The number of Topliss-reactive ketones (excluding diaryl/α,β-unsaturated/α-hetero) is 1. The smallest absolute Gasteiger partial charge is 0.211 e. The third kappa shape index (κ3) is 3.15. The van der Waals surface area contributed by atoms with Crippen LogP contribution in [0.4, 0.5) is 0 Å². The molecular formula is C14H19NO3. The largest absolute Gasteiger partial charge is 0.299 e. The Morgan fingerprint density at radius 3 is 2.22 bits per heavy atom. The molecule has 0 aliphatic rings. The van der Waals surface area contributed by atoms with Crippen LogP contribution >= 0.6 is 0 Å². The van der Waals surface area contributed by atoms with Gasteiger partial charge < -0.3 is 0 Å². The summed E-state index contributed by atoms with van der Waals surface area (Å²) in [7, 11) is 0. The van der Waals surface area contributed by atoms with Crippen molar-refractivity contribution in [3.05, 3.63) is 45.5 Å². The molecular weight excluding hydrogens is 230 g/mol. The van der Waals surface area contributed by atoms with E-state index < -0.39 is 11.3 Å². The molecule has 0 unspecified atom stereocenters. The van der Waals surface area contributed by atoms with Crippen molar-refractivity contribution in [2.75, 3.05) is 6.54 Å². The molecule has 1 aromatic rings. The predicted octanol–water partition coefficient (Wildman–Crippen LogP) is 2.97. The maximum Gasteiger partial charge on any atom is 0.211 e. The molecule has 98 valence electrons. The lowest BCUT2D eigenvalue weighted by Crippen LogP contribution is -2.34. The highest BCUT2D eigenvalue weighted by molar-refractivity contribution is 5.82. The molecule has 1 rings (SSSR count). The van der Waals surface area contributed by atoms with Crippen LogP contribution in [-0.4, -0.2) is 17.3 Å². The number of ketones is 1. The minimum absolute atomic E-state index is 0.0325. The summed E-state index contributed by atoms with van der Waals surface area (Å²) >= 11 is 0. The standard InChI is InChI=1S/C14H19NO3/c1-10-5-7-12(8-6-10)13(9-15(17)18)14(3,4)11(2)16/h5-8,13H,9H2,1-4H3/t13-/m1/s1. The highest BCUT2D eigenvalue weighted by Gasteiger charge is 2.38. The van der Waals surface area contributed by atoms with Gasteiger partial charge in [-0.3, -0.25) is 14.9 Å². The summed E-state index contributed by atoms with van der Waals surface area (Å²) in [6.45, 7) is 6.76. The number of aryl methyl sites for hydroxylation is 1. The molecule has 0 saturated heterocycles. The van der Waals surface area contributed by atoms with Crippen LogP contribution in [0.25, 0.3) is 0 Å². The topological polar surface area (TPSA) is 60.2 Å². The van der Waals surface area contributed by atoms with Crippen LogP contribution in [0.1, 0.15) is 37.8 Å². The fourth-order valence-corrected chi connectivity index (χ4v) is 1.94. The molecule has 0 saturated carbocycles. The summed E-state index contributed by atoms with van der Waals surface area (Å²) in [5.74, 6) is -0.430. The van der Waals surface area contributed by atoms with Gasteiger partial charge in [0, 0.05) is 10.3 Å². The number of carbonyl (C=O) groups is 1. The molecule has 0 spiro atoms. The maximum absolute atomic E-state index is 11.7. The van der Waals surface area contributed by atoms with Crippen molar-refractivity contribution in [1.29, 1.82) is 0 Å². The minimum atomic E-state index is -0.734. The number of nitro groups is 1. The van der Waals surface area contributed by atoms with Crippen LogP contribution in [0.3, 0.4) is 0 Å². The molecule has 0 aliphatic carbocycles. The zero-order valence-corrected chi connectivity index (χ0v) is 11.3. The summed E-state index contributed by atoms with van der Waals surface area (Å²) in [6.07, 6.45) is 0. The van der Waals surface area contributed by atoms with Crippen LogP contribution in [0, 0.1) is 22.5 Å². The van der Waals surface area contributed by atoms with Crippen molar-refractivity contribution >= 4 is 5.78 Å². The van der Waals surface area contributed by atoms with E-state index in [0.717, 1.165) is 11.1 Å². The number of hydrogen-bond acceptors (Lipinski definition) is 3. The zero-order chi connectivity index (χ0) is 13.9. The van der Waals surface area contributed by atoms with E-state index in [9.17, 15) is 14.9 Å². The van der Waals surface area contributed by atoms with Crippen molar-refractivity contribution in [1.82, 2.24) is 0 Å². The van der Waals surface area contributed by atoms with Gasteiger partial charge in [-0.25, -0.2) is 0 Å². The highest BCUT2D eigenvalue weighted by Crippen LogP contribution is 2.36. The molecule has 0 aliphatic heterocycles. The number of hydrogen-bond donors (Lipinski definition) is 0. The first-order valence-electron chi connectivity index (χ1n) is 5.94. The average molecular weight is 249 g/mol. The van der Waals surface area contributed by atoms with Crippen molar-refractivity contribution in [2.24, 2.45) is 5.41 Å². The van der Waals surface area contributed by atoms with Crippen molar-refractivity contribution in [3.8, 4) is 0 Å². The molecule has 4 nitrogen and oxygen atoms in total. The molecule has 1 aromatic carbocycles. The van der Waals surface area contributed by atoms with E-state index in [-0.39, 0.29) is 17.3 Å². The lowest BCUT2D eigenvalue weighted by Gasteiger charge is -2.29. The molecule has 4 heteroatoms. The predicted molar refractivity (Wildman–Crippen MR) is 70.2 cm³/mol. The summed E-state index contributed by atoms with van der Waals surface area (Å²) in [5.41, 5.74) is 1.21. The SMILES string of the molecule is CC(=O)C(C)(C)[C@H](C[N+](=O)[O-])c1ccc(C)cc1. The van der Waals surface area contributed by atoms with Gasteiger partial charge in [0.15, 0.2) is 0 Å². The summed E-state index contributed by atoms with van der Waals surface area (Å²) in [4.78, 5) is 22.2. The van der Waals surface area contributed by atoms with Gasteiger partial charge in [-0.1, -0.05) is 43.7 Å². The Morgan fingerprint density at radius 1 is 1.33 bits per heavy atom. The molecule has 0 amide bonds. The van der Waals surface area contributed by atoms with Gasteiger partial charge >= 0.3 is 0 Å². The Kier molecular flexibility index (Phi) is 4.22. The highest BCUT2D eigenvalue weighted by atomic mass is 16.6. The first-order valence-corrected chi connectivity index (χ1v) is 5.94. The first-order chi connectivity index (χ1) is 8.25. The molecule has 0 N–H and O–H groups in total. The monoisotopic (exact) mass is 249 g/mol. The molecule has 0 fully saturated rings. The van der Waals surface area contributed by atoms with Crippen LogP contribution < -0.4 is 0 Å². The fraction of sp³-hybridized carbons (Fsp3) is 0.500. The van der Waals surface area contributed by atoms with Gasteiger partial charge in [-0.05, 0) is 19.4 Å². The molecule has 0 heterocycles. The first kappa shape index (κ1) is 14.4. The van der Waals surface area contributed by atoms with Gasteiger partial charge in [0.1, 0.15) is 5.78 Å². The zero-order valence-electron chi connectivity index (χ0n) is 11.3. The molecule has 0 bridgehead atoms. The second-order valence-electron chi connectivity index (χ2n) is 5.26. The van der Waals surface area contributed by atoms with E-state index in [2.05, 4.69) is 0 Å². The quantitative estimate of drug-likeness (QED) is 0.595. The number of nitrogens with zero attached hydrogens (tertiary/aromatic N) is 1. The minimum Gasteiger partial charge on any atom is -0.299 e. The van der Waals surface area contributed by atoms with E-state index >= 15 is 0 Å². The fourth-order valence-electron chi connectivity index (χ4n) is 1.94. The Morgan fingerprint density at radius 2 is 1.83 bits per heavy atom. The summed E-state index contributed by atoms with van der Waals surface area (Å²) in [5, 5.41) is 10.8. The van der Waals surface area contributed by atoms with E-state index in [0.29, 0.717) is 0 Å². The van der Waals surface area contributed by atoms with E-state index in [1.54, 1.807) is 13.8 Å².